The van der Waals surface area contributed by atoms with E-state index in [1.807, 2.05) is 7.05 Å². The van der Waals surface area contributed by atoms with Crippen molar-refractivity contribution in [2.45, 2.75) is 6.04 Å². The topological polar surface area (TPSA) is 71.5 Å². The van der Waals surface area contributed by atoms with Crippen LogP contribution in [0.15, 0.2) is 16.5 Å². The van der Waals surface area contributed by atoms with Gasteiger partial charge in [-0.25, -0.2) is 0 Å². The van der Waals surface area contributed by atoms with E-state index in [-0.39, 0.29) is 11.9 Å². The molecule has 0 radical (unpaired) electrons. The van der Waals surface area contributed by atoms with E-state index >= 15 is 0 Å². The first-order valence-corrected chi connectivity index (χ1v) is 4.83. The van der Waals surface area contributed by atoms with Crippen molar-refractivity contribution in [3.8, 4) is 0 Å². The van der Waals surface area contributed by atoms with Crippen LogP contribution in [-0.4, -0.2) is 36.5 Å². The largest absolute Gasteiger partial charge is 0.433 e. The molecule has 1 aromatic heterocycles. The highest BCUT2D eigenvalue weighted by Gasteiger charge is 2.25. The predicted molar refractivity (Wildman–Crippen MR) is 53.6 cm³/mol. The number of nitro groups is 1. The highest BCUT2D eigenvalue weighted by molar-refractivity contribution is 5.20. The maximum absolute atomic E-state index is 10.5. The maximum atomic E-state index is 10.5. The van der Waals surface area contributed by atoms with Gasteiger partial charge in [0.05, 0.1) is 12.1 Å². The van der Waals surface area contributed by atoms with E-state index in [0.29, 0.717) is 5.76 Å². The number of rotatable bonds is 2. The third-order valence-electron chi connectivity index (χ3n) is 2.63. The van der Waals surface area contributed by atoms with Crippen molar-refractivity contribution >= 4 is 5.88 Å². The van der Waals surface area contributed by atoms with Crippen molar-refractivity contribution in [3.05, 3.63) is 28.0 Å². The summed E-state index contributed by atoms with van der Waals surface area (Å²) in [7, 11) is 1.99. The lowest BCUT2D eigenvalue weighted by molar-refractivity contribution is -0.402. The Bertz CT molecular complexity index is 363. The lowest BCUT2D eigenvalue weighted by Gasteiger charge is -2.31. The van der Waals surface area contributed by atoms with Crippen molar-refractivity contribution in [2.75, 3.05) is 26.7 Å². The first-order chi connectivity index (χ1) is 7.18. The van der Waals surface area contributed by atoms with E-state index in [0.717, 1.165) is 19.6 Å². The highest BCUT2D eigenvalue weighted by Crippen LogP contribution is 2.25. The molecule has 0 bridgehead atoms. The van der Waals surface area contributed by atoms with Gasteiger partial charge in [-0.05, 0) is 13.1 Å². The first kappa shape index (κ1) is 10.1. The third kappa shape index (κ3) is 2.00. The number of likely N-dealkylation sites (N-methyl/N-ethyl adjacent to an activating group) is 1. The van der Waals surface area contributed by atoms with Gasteiger partial charge in [0, 0.05) is 19.6 Å². The second-order valence-corrected chi connectivity index (χ2v) is 3.63. The summed E-state index contributed by atoms with van der Waals surface area (Å²) in [5, 5.41) is 13.7. The molecule has 15 heavy (non-hydrogen) atoms. The van der Waals surface area contributed by atoms with E-state index in [1.165, 1.54) is 6.07 Å². The van der Waals surface area contributed by atoms with Crippen LogP contribution in [0.25, 0.3) is 0 Å². The second kappa shape index (κ2) is 4.00. The van der Waals surface area contributed by atoms with Crippen LogP contribution in [0.4, 0.5) is 5.88 Å². The Morgan fingerprint density at radius 1 is 1.67 bits per heavy atom. The number of hydrogen-bond acceptors (Lipinski definition) is 5. The molecule has 0 saturated carbocycles. The zero-order chi connectivity index (χ0) is 10.8. The normalized spacial score (nSPS) is 22.9. The van der Waals surface area contributed by atoms with Gasteiger partial charge >= 0.3 is 5.88 Å². The average molecular weight is 211 g/mol. The van der Waals surface area contributed by atoms with Gasteiger partial charge in [-0.15, -0.1) is 0 Å². The molecule has 2 heterocycles. The third-order valence-corrected chi connectivity index (χ3v) is 2.63. The first-order valence-electron chi connectivity index (χ1n) is 4.83. The quantitative estimate of drug-likeness (QED) is 0.577. The Morgan fingerprint density at radius 2 is 2.47 bits per heavy atom. The van der Waals surface area contributed by atoms with Crippen molar-refractivity contribution in [1.29, 1.82) is 0 Å². The summed E-state index contributed by atoms with van der Waals surface area (Å²) in [5.41, 5.74) is 0. The SMILES string of the molecule is CN1CCNCC1c1ccc([N+](=O)[O-])o1. The van der Waals surface area contributed by atoms with Crippen LogP contribution in [-0.2, 0) is 0 Å². The summed E-state index contributed by atoms with van der Waals surface area (Å²) < 4.78 is 5.17. The number of piperazine rings is 1. The standard InChI is InChI=1S/C9H13N3O3/c1-11-5-4-10-6-7(11)8-2-3-9(15-8)12(13)14/h2-3,7,10H,4-6H2,1H3. The van der Waals surface area contributed by atoms with E-state index in [1.54, 1.807) is 6.07 Å². The lowest BCUT2D eigenvalue weighted by Crippen LogP contribution is -2.43. The highest BCUT2D eigenvalue weighted by atomic mass is 16.6. The number of nitrogens with one attached hydrogen (secondary N) is 1. The summed E-state index contributed by atoms with van der Waals surface area (Å²) in [6.45, 7) is 2.62. The van der Waals surface area contributed by atoms with Crippen LogP contribution in [0.5, 0.6) is 0 Å². The van der Waals surface area contributed by atoms with Gasteiger partial charge in [-0.1, -0.05) is 0 Å². The van der Waals surface area contributed by atoms with Gasteiger partial charge in [0.25, 0.3) is 0 Å². The van der Waals surface area contributed by atoms with E-state index in [9.17, 15) is 10.1 Å². The molecule has 1 aromatic rings. The molecule has 0 spiro atoms. The second-order valence-electron chi connectivity index (χ2n) is 3.63. The molecule has 6 heteroatoms. The van der Waals surface area contributed by atoms with Gasteiger partial charge in [0.2, 0.25) is 0 Å². The Morgan fingerprint density at radius 3 is 3.07 bits per heavy atom. The summed E-state index contributed by atoms with van der Waals surface area (Å²) in [6, 6.07) is 3.16. The summed E-state index contributed by atoms with van der Waals surface area (Å²) in [5.74, 6) is 0.459. The van der Waals surface area contributed by atoms with Crippen molar-refractivity contribution < 1.29 is 9.34 Å². The fourth-order valence-corrected chi connectivity index (χ4v) is 1.74. The molecule has 0 amide bonds. The van der Waals surface area contributed by atoms with E-state index < -0.39 is 4.92 Å². The molecule has 1 atom stereocenters. The average Bonchev–Trinajstić information content (AvgIpc) is 2.67. The molecule has 2 rings (SSSR count). The molecule has 1 unspecified atom stereocenters. The van der Waals surface area contributed by atoms with Gasteiger partial charge < -0.3 is 9.73 Å². The minimum absolute atomic E-state index is 0.0902. The number of hydrogen-bond donors (Lipinski definition) is 1. The minimum Gasteiger partial charge on any atom is -0.404 e. The number of furan rings is 1. The molecule has 1 aliphatic rings. The molecular formula is C9H13N3O3. The molecule has 0 aliphatic carbocycles. The Labute approximate surface area is 87.0 Å². The van der Waals surface area contributed by atoms with E-state index in [4.69, 9.17) is 4.42 Å². The van der Waals surface area contributed by atoms with Crippen LogP contribution in [0.2, 0.25) is 0 Å². The molecular weight excluding hydrogens is 198 g/mol. The fraction of sp³-hybridized carbons (Fsp3) is 0.556. The van der Waals surface area contributed by atoms with Crippen molar-refractivity contribution in [1.82, 2.24) is 10.2 Å². The van der Waals surface area contributed by atoms with Crippen LogP contribution in [0, 0.1) is 10.1 Å². The molecule has 1 N–H and O–H groups in total. The van der Waals surface area contributed by atoms with Crippen molar-refractivity contribution in [2.24, 2.45) is 0 Å². The monoisotopic (exact) mass is 211 g/mol. The maximum Gasteiger partial charge on any atom is 0.433 e. The fourth-order valence-electron chi connectivity index (χ4n) is 1.74. The lowest BCUT2D eigenvalue weighted by atomic mass is 10.1. The van der Waals surface area contributed by atoms with Crippen LogP contribution < -0.4 is 5.32 Å². The van der Waals surface area contributed by atoms with E-state index in [2.05, 4.69) is 10.2 Å². The van der Waals surface area contributed by atoms with Crippen molar-refractivity contribution in [3.63, 3.8) is 0 Å². The van der Waals surface area contributed by atoms with Crippen LogP contribution in [0.1, 0.15) is 11.8 Å². The molecule has 1 saturated heterocycles. The zero-order valence-electron chi connectivity index (χ0n) is 8.47. The van der Waals surface area contributed by atoms with Crippen LogP contribution in [0.3, 0.4) is 0 Å². The zero-order valence-corrected chi connectivity index (χ0v) is 8.47. The Hall–Kier alpha value is -1.40. The molecule has 82 valence electrons. The predicted octanol–water partition coefficient (Wildman–Crippen LogP) is 0.764. The van der Waals surface area contributed by atoms with Gasteiger partial charge in [-0.2, -0.15) is 0 Å². The molecule has 1 aliphatic heterocycles. The molecule has 6 nitrogen and oxygen atoms in total. The van der Waals surface area contributed by atoms with Gasteiger partial charge in [-0.3, -0.25) is 15.0 Å². The van der Waals surface area contributed by atoms with Gasteiger partial charge in [0.1, 0.15) is 10.7 Å². The Balaban J connectivity index is 2.17. The number of nitrogens with zero attached hydrogens (tertiary/aromatic N) is 2. The minimum atomic E-state index is -0.514. The molecule has 1 fully saturated rings. The van der Waals surface area contributed by atoms with Gasteiger partial charge in [0.15, 0.2) is 0 Å². The molecule has 0 aromatic carbocycles. The summed E-state index contributed by atoms with van der Waals surface area (Å²) in [4.78, 5) is 12.1. The Kier molecular flexibility index (Phi) is 2.70. The summed E-state index contributed by atoms with van der Waals surface area (Å²) >= 11 is 0. The van der Waals surface area contributed by atoms with Crippen LogP contribution >= 0.6 is 0 Å². The summed E-state index contributed by atoms with van der Waals surface area (Å²) in [6.07, 6.45) is 0. The smallest absolute Gasteiger partial charge is 0.404 e.